The van der Waals surface area contributed by atoms with Crippen LogP contribution in [-0.2, 0) is 6.54 Å². The molecule has 7 heteroatoms. The number of aromatic nitrogens is 1. The molecule has 1 heterocycles. The molecule has 0 radical (unpaired) electrons. The maximum atomic E-state index is 6.04. The number of hydrogen-bond acceptors (Lipinski definition) is 6. The Bertz CT molecular complexity index is 933. The van der Waals surface area contributed by atoms with E-state index in [9.17, 15) is 0 Å². The Morgan fingerprint density at radius 1 is 1.00 bits per heavy atom. The molecule has 0 unspecified atom stereocenters. The van der Waals surface area contributed by atoms with Crippen LogP contribution in [0.3, 0.4) is 0 Å². The van der Waals surface area contributed by atoms with E-state index in [1.54, 1.807) is 6.20 Å². The van der Waals surface area contributed by atoms with Gasteiger partial charge in [-0.3, -0.25) is 4.98 Å². The number of benzene rings is 2. The van der Waals surface area contributed by atoms with Crippen molar-refractivity contribution >= 4 is 33.0 Å². The van der Waals surface area contributed by atoms with Gasteiger partial charge in [-0.1, -0.05) is 15.9 Å². The minimum Gasteiger partial charge on any atom is -0.457 e. The molecule has 0 aliphatic heterocycles. The number of ether oxygens (including phenoxy) is 1. The van der Waals surface area contributed by atoms with Crippen molar-refractivity contribution in [3.05, 3.63) is 71.0 Å². The maximum absolute atomic E-state index is 6.04. The van der Waals surface area contributed by atoms with Gasteiger partial charge in [-0.05, 0) is 49.5 Å². The number of halogens is 1. The first-order valence-corrected chi connectivity index (χ1v) is 10.2. The van der Waals surface area contributed by atoms with Gasteiger partial charge < -0.3 is 25.6 Å². The van der Waals surface area contributed by atoms with E-state index < -0.39 is 0 Å². The largest absolute Gasteiger partial charge is 0.457 e. The maximum Gasteiger partial charge on any atom is 0.130 e. The highest BCUT2D eigenvalue weighted by Crippen LogP contribution is 2.32. The summed E-state index contributed by atoms with van der Waals surface area (Å²) < 4.78 is 7.10. The Hall–Kier alpha value is -2.77. The molecular weight excluding hydrogens is 430 g/mol. The van der Waals surface area contributed by atoms with Crippen LogP contribution < -0.4 is 25.6 Å². The predicted octanol–water partition coefficient (Wildman–Crippen LogP) is 4.90. The fourth-order valence-corrected chi connectivity index (χ4v) is 3.17. The quantitative estimate of drug-likeness (QED) is 0.398. The van der Waals surface area contributed by atoms with Crippen molar-refractivity contribution in [1.82, 2.24) is 10.3 Å². The van der Waals surface area contributed by atoms with Crippen LogP contribution in [0.25, 0.3) is 0 Å². The molecule has 3 rings (SSSR count). The van der Waals surface area contributed by atoms with Crippen LogP contribution >= 0.6 is 15.9 Å². The van der Waals surface area contributed by atoms with Gasteiger partial charge in [-0.2, -0.15) is 0 Å². The minimum atomic E-state index is 0.675. The van der Waals surface area contributed by atoms with Crippen LogP contribution in [0.15, 0.2) is 65.3 Å². The Morgan fingerprint density at radius 2 is 1.76 bits per heavy atom. The van der Waals surface area contributed by atoms with Gasteiger partial charge in [-0.25, -0.2) is 0 Å². The molecule has 3 N–H and O–H groups in total. The molecule has 0 spiro atoms. The predicted molar refractivity (Wildman–Crippen MR) is 124 cm³/mol. The normalized spacial score (nSPS) is 10.5. The van der Waals surface area contributed by atoms with Crippen LogP contribution in [0.4, 0.5) is 17.1 Å². The molecular formula is C22H26BrN5O. The Morgan fingerprint density at radius 3 is 2.48 bits per heavy atom. The van der Waals surface area contributed by atoms with Gasteiger partial charge in [-0.15, -0.1) is 0 Å². The third-order valence-corrected chi connectivity index (χ3v) is 4.92. The second-order valence-electron chi connectivity index (χ2n) is 6.58. The van der Waals surface area contributed by atoms with Crippen LogP contribution in [0.2, 0.25) is 0 Å². The highest BCUT2D eigenvalue weighted by Gasteiger charge is 2.09. The molecule has 0 saturated carbocycles. The number of anilines is 3. The van der Waals surface area contributed by atoms with Crippen LogP contribution in [-0.4, -0.2) is 32.8 Å². The van der Waals surface area contributed by atoms with E-state index in [1.165, 1.54) is 0 Å². The average Bonchev–Trinajstić information content (AvgIpc) is 2.73. The van der Waals surface area contributed by atoms with E-state index in [-0.39, 0.29) is 0 Å². The van der Waals surface area contributed by atoms with E-state index in [1.807, 2.05) is 62.6 Å². The van der Waals surface area contributed by atoms with Crippen molar-refractivity contribution in [3.63, 3.8) is 0 Å². The first-order chi connectivity index (χ1) is 14.1. The summed E-state index contributed by atoms with van der Waals surface area (Å²) in [4.78, 5) is 6.47. The molecule has 1 aromatic heterocycles. The molecule has 3 aromatic rings. The van der Waals surface area contributed by atoms with Crippen molar-refractivity contribution in [2.24, 2.45) is 0 Å². The SMILES string of the molecule is CNCc1cc(Oc2ccc(N(C)CNc3ccc(Br)cc3)c(NC)c2)ccn1. The van der Waals surface area contributed by atoms with Gasteiger partial charge in [0.05, 0.1) is 23.7 Å². The Kier molecular flexibility index (Phi) is 7.32. The van der Waals surface area contributed by atoms with Crippen molar-refractivity contribution in [1.29, 1.82) is 0 Å². The Labute approximate surface area is 180 Å². The first-order valence-electron chi connectivity index (χ1n) is 9.39. The molecule has 0 aliphatic rings. The standard InChI is InChI=1S/C22H26BrN5O/c1-24-14-18-12-20(10-11-26-18)29-19-8-9-22(21(13-19)25-2)28(3)15-27-17-6-4-16(23)5-7-17/h4-13,24-25,27H,14-15H2,1-3H3. The topological polar surface area (TPSA) is 61.5 Å². The second-order valence-corrected chi connectivity index (χ2v) is 7.50. The van der Waals surface area contributed by atoms with Crippen LogP contribution in [0.5, 0.6) is 11.5 Å². The lowest BCUT2D eigenvalue weighted by molar-refractivity contribution is 0.481. The van der Waals surface area contributed by atoms with E-state index in [0.717, 1.165) is 38.7 Å². The summed E-state index contributed by atoms with van der Waals surface area (Å²) in [6.45, 7) is 1.38. The van der Waals surface area contributed by atoms with E-state index in [0.29, 0.717) is 13.2 Å². The van der Waals surface area contributed by atoms with Gasteiger partial charge in [0.25, 0.3) is 0 Å². The zero-order valence-electron chi connectivity index (χ0n) is 16.9. The summed E-state index contributed by atoms with van der Waals surface area (Å²) >= 11 is 3.46. The average molecular weight is 456 g/mol. The number of hydrogen-bond donors (Lipinski definition) is 3. The number of rotatable bonds is 9. The van der Waals surface area contributed by atoms with Gasteiger partial charge >= 0.3 is 0 Å². The number of pyridine rings is 1. The summed E-state index contributed by atoms with van der Waals surface area (Å²) in [5.74, 6) is 1.54. The first kappa shape index (κ1) is 21.0. The zero-order valence-corrected chi connectivity index (χ0v) is 18.5. The molecule has 0 bridgehead atoms. The number of nitrogens with one attached hydrogen (secondary N) is 3. The van der Waals surface area contributed by atoms with E-state index >= 15 is 0 Å². The van der Waals surface area contributed by atoms with Crippen LogP contribution in [0, 0.1) is 0 Å². The van der Waals surface area contributed by atoms with Crippen LogP contribution in [0.1, 0.15) is 5.69 Å². The van der Waals surface area contributed by atoms with Crippen molar-refractivity contribution < 1.29 is 4.74 Å². The zero-order chi connectivity index (χ0) is 20.6. The van der Waals surface area contributed by atoms with Gasteiger partial charge in [0, 0.05) is 49.1 Å². The van der Waals surface area contributed by atoms with Crippen molar-refractivity contribution in [3.8, 4) is 11.5 Å². The molecule has 0 fully saturated rings. The lowest BCUT2D eigenvalue weighted by Gasteiger charge is -2.24. The lowest BCUT2D eigenvalue weighted by atomic mass is 10.2. The molecule has 29 heavy (non-hydrogen) atoms. The fraction of sp³-hybridized carbons (Fsp3) is 0.227. The van der Waals surface area contributed by atoms with Crippen molar-refractivity contribution in [2.75, 3.05) is 43.3 Å². The molecule has 0 amide bonds. The molecule has 2 aromatic carbocycles. The minimum absolute atomic E-state index is 0.675. The summed E-state index contributed by atoms with van der Waals surface area (Å²) in [5, 5.41) is 9.79. The third kappa shape index (κ3) is 5.85. The fourth-order valence-electron chi connectivity index (χ4n) is 2.91. The van der Waals surface area contributed by atoms with Crippen molar-refractivity contribution in [2.45, 2.75) is 6.54 Å². The van der Waals surface area contributed by atoms with Gasteiger partial charge in [0.1, 0.15) is 11.5 Å². The molecule has 152 valence electrons. The third-order valence-electron chi connectivity index (χ3n) is 4.39. The highest BCUT2D eigenvalue weighted by atomic mass is 79.9. The molecule has 6 nitrogen and oxygen atoms in total. The second kappa shape index (κ2) is 10.1. The smallest absolute Gasteiger partial charge is 0.130 e. The van der Waals surface area contributed by atoms with E-state index in [4.69, 9.17) is 4.74 Å². The van der Waals surface area contributed by atoms with Gasteiger partial charge in [0.15, 0.2) is 0 Å². The molecule has 0 saturated heterocycles. The Balaban J connectivity index is 1.69. The summed E-state index contributed by atoms with van der Waals surface area (Å²) in [6, 6.07) is 18.0. The molecule has 0 aliphatic carbocycles. The summed E-state index contributed by atoms with van der Waals surface area (Å²) in [6.07, 6.45) is 1.76. The number of nitrogens with zero attached hydrogens (tertiary/aromatic N) is 2. The summed E-state index contributed by atoms with van der Waals surface area (Å²) in [5.41, 5.74) is 4.08. The lowest BCUT2D eigenvalue weighted by Crippen LogP contribution is -2.25. The van der Waals surface area contributed by atoms with E-state index in [2.05, 4.69) is 54.9 Å². The molecule has 0 atom stereocenters. The monoisotopic (exact) mass is 455 g/mol. The van der Waals surface area contributed by atoms with Gasteiger partial charge in [0.2, 0.25) is 0 Å². The highest BCUT2D eigenvalue weighted by molar-refractivity contribution is 9.10. The summed E-state index contributed by atoms with van der Waals surface area (Å²) in [7, 11) is 5.86.